The van der Waals surface area contributed by atoms with Crippen molar-refractivity contribution in [1.82, 2.24) is 0 Å². The number of fused-ring (bicyclic) bond motifs is 1. The van der Waals surface area contributed by atoms with E-state index in [0.717, 1.165) is 42.4 Å². The summed E-state index contributed by atoms with van der Waals surface area (Å²) in [6.45, 7) is 4.59. The van der Waals surface area contributed by atoms with Gasteiger partial charge in [0.15, 0.2) is 5.78 Å². The highest BCUT2D eigenvalue weighted by Gasteiger charge is 2.22. The molecule has 0 heterocycles. The fraction of sp³-hybridized carbons (Fsp3) is 0.562. The topological polar surface area (TPSA) is 46.5 Å². The molecule has 0 aromatic heterocycles. The molecule has 19 heavy (non-hydrogen) atoms. The van der Waals surface area contributed by atoms with Crippen LogP contribution in [0.1, 0.15) is 61.0 Å². The number of ketones is 1. The third-order valence-electron chi connectivity index (χ3n) is 3.91. The zero-order chi connectivity index (χ0) is 13.8. The molecule has 0 saturated carbocycles. The van der Waals surface area contributed by atoms with Crippen molar-refractivity contribution in [2.45, 2.75) is 58.7 Å². The minimum absolute atomic E-state index is 0.185. The molecule has 0 atom stereocenters. The zero-order valence-electron chi connectivity index (χ0n) is 11.7. The number of Topliss-reactive ketones (excluding diaryl/α,β-unsaturated/α-hetero) is 1. The molecule has 1 aromatic carbocycles. The summed E-state index contributed by atoms with van der Waals surface area (Å²) in [6.07, 6.45) is 4.49. The normalized spacial score (nSPS) is 14.8. The van der Waals surface area contributed by atoms with Crippen molar-refractivity contribution >= 4 is 5.78 Å². The van der Waals surface area contributed by atoms with Gasteiger partial charge in [0.25, 0.3) is 0 Å². The Hall–Kier alpha value is -1.35. The van der Waals surface area contributed by atoms with Crippen LogP contribution in [0, 0.1) is 0 Å². The molecule has 0 unspecified atom stereocenters. The molecular formula is C16H22O3. The van der Waals surface area contributed by atoms with E-state index in [1.54, 1.807) is 12.1 Å². The van der Waals surface area contributed by atoms with Gasteiger partial charge in [-0.2, -0.15) is 0 Å². The maximum Gasteiger partial charge on any atom is 0.163 e. The number of carbonyl (C=O) groups excluding carboxylic acids is 1. The Kier molecular flexibility index (Phi) is 4.59. The Morgan fingerprint density at radius 2 is 2.00 bits per heavy atom. The summed E-state index contributed by atoms with van der Waals surface area (Å²) in [6, 6.07) is 3.36. The van der Waals surface area contributed by atoms with Gasteiger partial charge in [-0.25, -0.2) is 0 Å². The van der Waals surface area contributed by atoms with E-state index in [4.69, 9.17) is 4.74 Å². The van der Waals surface area contributed by atoms with Gasteiger partial charge in [0.05, 0.1) is 12.7 Å². The second-order valence-electron chi connectivity index (χ2n) is 5.12. The van der Waals surface area contributed by atoms with Crippen molar-refractivity contribution in [2.75, 3.05) is 0 Å². The summed E-state index contributed by atoms with van der Waals surface area (Å²) in [5.74, 6) is 0.435. The Balaban J connectivity index is 2.24. The van der Waals surface area contributed by atoms with Gasteiger partial charge in [-0.3, -0.25) is 4.79 Å². The molecule has 3 heteroatoms. The third-order valence-corrected chi connectivity index (χ3v) is 3.91. The summed E-state index contributed by atoms with van der Waals surface area (Å²) in [4.78, 5) is 11.9. The fourth-order valence-electron chi connectivity index (χ4n) is 2.67. The van der Waals surface area contributed by atoms with Crippen LogP contribution in [0.3, 0.4) is 0 Å². The minimum atomic E-state index is 0.185. The van der Waals surface area contributed by atoms with Gasteiger partial charge in [0, 0.05) is 17.5 Å². The van der Waals surface area contributed by atoms with Crippen molar-refractivity contribution in [3.05, 3.63) is 28.8 Å². The van der Waals surface area contributed by atoms with Crippen LogP contribution in [-0.2, 0) is 17.8 Å². The average molecular weight is 262 g/mol. The summed E-state index contributed by atoms with van der Waals surface area (Å²) in [5.41, 5.74) is 2.56. The number of benzene rings is 1. The first kappa shape index (κ1) is 14.1. The van der Waals surface area contributed by atoms with Crippen molar-refractivity contribution in [1.29, 1.82) is 0 Å². The van der Waals surface area contributed by atoms with E-state index in [2.05, 4.69) is 13.8 Å². The highest BCUT2D eigenvalue weighted by molar-refractivity contribution is 5.99. The lowest BCUT2D eigenvalue weighted by molar-refractivity contribution is 0.0344. The van der Waals surface area contributed by atoms with Gasteiger partial charge in [0.1, 0.15) is 5.75 Å². The molecule has 1 aliphatic rings. The first-order chi connectivity index (χ1) is 9.17. The second kappa shape index (κ2) is 6.20. The van der Waals surface area contributed by atoms with E-state index < -0.39 is 0 Å². The lowest BCUT2D eigenvalue weighted by atomic mass is 9.87. The first-order valence-corrected chi connectivity index (χ1v) is 7.15. The molecule has 0 fully saturated rings. The quantitative estimate of drug-likeness (QED) is 0.881. The number of carbonyl (C=O) groups is 1. The molecule has 3 nitrogen and oxygen atoms in total. The number of hydrogen-bond acceptors (Lipinski definition) is 3. The highest BCUT2D eigenvalue weighted by atomic mass is 16.5. The Bertz CT molecular complexity index is 461. The van der Waals surface area contributed by atoms with E-state index in [-0.39, 0.29) is 17.6 Å². The van der Waals surface area contributed by atoms with Gasteiger partial charge < -0.3 is 9.84 Å². The van der Waals surface area contributed by atoms with Crippen LogP contribution in [0.25, 0.3) is 0 Å². The average Bonchev–Trinajstić information content (AvgIpc) is 2.42. The predicted molar refractivity (Wildman–Crippen MR) is 74.5 cm³/mol. The molecule has 0 saturated heterocycles. The van der Waals surface area contributed by atoms with Gasteiger partial charge in [0.2, 0.25) is 0 Å². The third kappa shape index (κ3) is 2.98. The van der Waals surface area contributed by atoms with Crippen LogP contribution in [0.5, 0.6) is 5.75 Å². The summed E-state index contributed by atoms with van der Waals surface area (Å²) < 4.78 is 5.84. The number of phenolic OH excluding ortho intramolecular Hbond substituents is 1. The van der Waals surface area contributed by atoms with Crippen LogP contribution in [0.15, 0.2) is 12.1 Å². The zero-order valence-corrected chi connectivity index (χ0v) is 11.7. The minimum Gasteiger partial charge on any atom is -0.508 e. The van der Waals surface area contributed by atoms with Crippen LogP contribution in [0.4, 0.5) is 0 Å². The van der Waals surface area contributed by atoms with E-state index in [0.29, 0.717) is 13.0 Å². The van der Waals surface area contributed by atoms with Crippen LogP contribution >= 0.6 is 0 Å². The molecule has 2 rings (SSSR count). The monoisotopic (exact) mass is 262 g/mol. The molecule has 0 radical (unpaired) electrons. The lowest BCUT2D eigenvalue weighted by Gasteiger charge is -2.21. The Morgan fingerprint density at radius 1 is 1.26 bits per heavy atom. The predicted octanol–water partition coefficient (Wildman–Crippen LogP) is 3.62. The molecule has 1 aliphatic carbocycles. The molecule has 0 bridgehead atoms. The van der Waals surface area contributed by atoms with Crippen molar-refractivity contribution in [3.8, 4) is 5.75 Å². The van der Waals surface area contributed by atoms with Crippen molar-refractivity contribution in [2.24, 2.45) is 0 Å². The summed E-state index contributed by atoms with van der Waals surface area (Å²) in [7, 11) is 0. The van der Waals surface area contributed by atoms with Gasteiger partial charge in [-0.1, -0.05) is 13.8 Å². The maximum atomic E-state index is 11.9. The summed E-state index contributed by atoms with van der Waals surface area (Å²) >= 11 is 0. The lowest BCUT2D eigenvalue weighted by Crippen LogP contribution is -2.16. The van der Waals surface area contributed by atoms with Crippen LogP contribution in [0.2, 0.25) is 0 Å². The highest BCUT2D eigenvalue weighted by Crippen LogP contribution is 2.31. The number of hydrogen-bond donors (Lipinski definition) is 1. The van der Waals surface area contributed by atoms with Crippen molar-refractivity contribution < 1.29 is 14.6 Å². The SMILES string of the molecule is CCC(CC)OCc1c(O)ccc2c1CCCC2=O. The summed E-state index contributed by atoms with van der Waals surface area (Å²) in [5, 5.41) is 10.0. The maximum absolute atomic E-state index is 11.9. The van der Waals surface area contributed by atoms with Crippen molar-refractivity contribution in [3.63, 3.8) is 0 Å². The number of ether oxygens (including phenoxy) is 1. The first-order valence-electron chi connectivity index (χ1n) is 7.15. The van der Waals surface area contributed by atoms with Crippen LogP contribution < -0.4 is 0 Å². The van der Waals surface area contributed by atoms with Crippen LogP contribution in [-0.4, -0.2) is 17.0 Å². The molecule has 104 valence electrons. The smallest absolute Gasteiger partial charge is 0.163 e. The van der Waals surface area contributed by atoms with E-state index in [9.17, 15) is 9.90 Å². The largest absolute Gasteiger partial charge is 0.508 e. The van der Waals surface area contributed by atoms with E-state index in [1.807, 2.05) is 0 Å². The number of phenols is 1. The van der Waals surface area contributed by atoms with E-state index in [1.165, 1.54) is 0 Å². The number of rotatable bonds is 5. The number of aromatic hydroxyl groups is 1. The standard InChI is InChI=1S/C16H22O3/c1-3-11(4-2)19-10-14-12-6-5-7-15(17)13(12)8-9-16(14)18/h8-9,11,18H,3-7,10H2,1-2H3. The molecular weight excluding hydrogens is 240 g/mol. The Labute approximate surface area is 114 Å². The molecule has 1 N–H and O–H groups in total. The molecule has 1 aromatic rings. The molecule has 0 aliphatic heterocycles. The van der Waals surface area contributed by atoms with Gasteiger partial charge >= 0.3 is 0 Å². The Morgan fingerprint density at radius 3 is 2.68 bits per heavy atom. The van der Waals surface area contributed by atoms with Gasteiger partial charge in [-0.05, 0) is 43.4 Å². The van der Waals surface area contributed by atoms with Gasteiger partial charge in [-0.15, -0.1) is 0 Å². The molecule has 0 amide bonds. The molecule has 0 spiro atoms. The second-order valence-corrected chi connectivity index (χ2v) is 5.12. The van der Waals surface area contributed by atoms with E-state index >= 15 is 0 Å². The fourth-order valence-corrected chi connectivity index (χ4v) is 2.67.